The van der Waals surface area contributed by atoms with Crippen molar-refractivity contribution in [3.05, 3.63) is 35.9 Å². The molecule has 4 heteroatoms. The maximum Gasteiger partial charge on any atom is 0.238 e. The Bertz CT molecular complexity index is 309. The summed E-state index contributed by atoms with van der Waals surface area (Å²) in [5.74, 6) is 0.417. The van der Waals surface area contributed by atoms with Gasteiger partial charge in [-0.05, 0) is 19.1 Å². The van der Waals surface area contributed by atoms with Crippen LogP contribution in [0.1, 0.15) is 12.5 Å². The Hall–Kier alpha value is -1.84. The standard InChI is InChI=1S/C10H12N2O2/c1-2-14-10(12-11-8-13)9-6-4-3-5-7-9/h3-8H,2H2,1H3,(H,11,13)/b12-10+. The number of rotatable bonds is 4. The average Bonchev–Trinajstić information content (AvgIpc) is 2.25. The highest BCUT2D eigenvalue weighted by molar-refractivity contribution is 5.94. The molecule has 0 aliphatic rings. The molecule has 0 aliphatic heterocycles. The highest BCUT2D eigenvalue weighted by Gasteiger charge is 2.02. The average molecular weight is 192 g/mol. The molecule has 0 bridgehead atoms. The van der Waals surface area contributed by atoms with Gasteiger partial charge in [-0.2, -0.15) is 0 Å². The van der Waals surface area contributed by atoms with Gasteiger partial charge in [-0.25, -0.2) is 5.43 Å². The number of hydrogen-bond acceptors (Lipinski definition) is 3. The van der Waals surface area contributed by atoms with E-state index in [1.54, 1.807) is 0 Å². The maximum absolute atomic E-state index is 10.1. The number of ether oxygens (including phenoxy) is 1. The van der Waals surface area contributed by atoms with E-state index < -0.39 is 0 Å². The molecule has 0 saturated carbocycles. The molecule has 0 saturated heterocycles. The quantitative estimate of drug-likeness (QED) is 0.336. The van der Waals surface area contributed by atoms with E-state index in [1.165, 1.54) is 0 Å². The van der Waals surface area contributed by atoms with Crippen molar-refractivity contribution in [2.75, 3.05) is 6.61 Å². The molecule has 14 heavy (non-hydrogen) atoms. The second kappa shape index (κ2) is 5.75. The molecule has 1 rings (SSSR count). The Labute approximate surface area is 82.6 Å². The van der Waals surface area contributed by atoms with Gasteiger partial charge in [-0.15, -0.1) is 5.10 Å². The SMILES string of the molecule is CCO/C(=N/NC=O)c1ccccc1. The van der Waals surface area contributed by atoms with Crippen LogP contribution in [-0.2, 0) is 9.53 Å². The highest BCUT2D eigenvalue weighted by atomic mass is 16.5. The molecule has 0 fully saturated rings. The van der Waals surface area contributed by atoms with Crippen LogP contribution >= 0.6 is 0 Å². The zero-order valence-corrected chi connectivity index (χ0v) is 7.93. The van der Waals surface area contributed by atoms with Crippen LogP contribution in [0.25, 0.3) is 0 Å². The minimum Gasteiger partial charge on any atom is -0.477 e. The fourth-order valence-corrected chi connectivity index (χ4v) is 0.983. The van der Waals surface area contributed by atoms with Crippen molar-refractivity contribution >= 4 is 12.3 Å². The van der Waals surface area contributed by atoms with Crippen LogP contribution in [0.5, 0.6) is 0 Å². The number of hydrazone groups is 1. The summed E-state index contributed by atoms with van der Waals surface area (Å²) in [6.45, 7) is 2.37. The van der Waals surface area contributed by atoms with E-state index >= 15 is 0 Å². The molecule has 0 aliphatic carbocycles. The van der Waals surface area contributed by atoms with Gasteiger partial charge >= 0.3 is 0 Å². The first kappa shape index (κ1) is 10.2. The van der Waals surface area contributed by atoms with Crippen LogP contribution in [0.2, 0.25) is 0 Å². The number of carbonyl (C=O) groups excluding carboxylic acids is 1. The topological polar surface area (TPSA) is 50.7 Å². The van der Waals surface area contributed by atoms with E-state index in [9.17, 15) is 4.79 Å². The summed E-state index contributed by atoms with van der Waals surface area (Å²) in [6.07, 6.45) is 0.502. The Balaban J connectivity index is 2.82. The van der Waals surface area contributed by atoms with E-state index in [2.05, 4.69) is 10.5 Å². The van der Waals surface area contributed by atoms with Crippen molar-refractivity contribution in [2.24, 2.45) is 5.10 Å². The van der Waals surface area contributed by atoms with E-state index in [4.69, 9.17) is 4.74 Å². The molecule has 1 aromatic carbocycles. The first-order valence-electron chi connectivity index (χ1n) is 4.33. The number of nitrogens with zero attached hydrogens (tertiary/aromatic N) is 1. The molecular formula is C10H12N2O2. The van der Waals surface area contributed by atoms with Crippen molar-refractivity contribution in [1.29, 1.82) is 0 Å². The number of carbonyl (C=O) groups is 1. The first-order valence-corrected chi connectivity index (χ1v) is 4.33. The van der Waals surface area contributed by atoms with Gasteiger partial charge in [0.2, 0.25) is 12.3 Å². The van der Waals surface area contributed by atoms with Crippen molar-refractivity contribution in [1.82, 2.24) is 5.43 Å². The third kappa shape index (κ3) is 2.90. The lowest BCUT2D eigenvalue weighted by Gasteiger charge is -2.05. The van der Waals surface area contributed by atoms with Gasteiger partial charge in [0, 0.05) is 5.56 Å². The maximum atomic E-state index is 10.1. The van der Waals surface area contributed by atoms with Crippen molar-refractivity contribution < 1.29 is 9.53 Å². The van der Waals surface area contributed by atoms with Crippen molar-refractivity contribution in [2.45, 2.75) is 6.92 Å². The monoisotopic (exact) mass is 192 g/mol. The van der Waals surface area contributed by atoms with Crippen molar-refractivity contribution in [3.8, 4) is 0 Å². The molecule has 1 amide bonds. The van der Waals surface area contributed by atoms with E-state index in [0.29, 0.717) is 18.9 Å². The Morgan fingerprint density at radius 3 is 2.79 bits per heavy atom. The van der Waals surface area contributed by atoms with E-state index in [-0.39, 0.29) is 0 Å². The number of hydrogen-bond donors (Lipinski definition) is 1. The van der Waals surface area contributed by atoms with Gasteiger partial charge in [0.15, 0.2) is 0 Å². The fourth-order valence-electron chi connectivity index (χ4n) is 0.983. The number of amides is 1. The molecular weight excluding hydrogens is 180 g/mol. The summed E-state index contributed by atoms with van der Waals surface area (Å²) < 4.78 is 5.26. The summed E-state index contributed by atoms with van der Waals surface area (Å²) >= 11 is 0. The van der Waals surface area contributed by atoms with Gasteiger partial charge in [0.1, 0.15) is 0 Å². The summed E-state index contributed by atoms with van der Waals surface area (Å²) in [5, 5.41) is 3.78. The second-order valence-corrected chi connectivity index (χ2v) is 2.46. The third-order valence-electron chi connectivity index (χ3n) is 1.52. The molecule has 74 valence electrons. The van der Waals surface area contributed by atoms with Crippen LogP contribution < -0.4 is 5.43 Å². The molecule has 1 aromatic rings. The Morgan fingerprint density at radius 2 is 2.21 bits per heavy atom. The van der Waals surface area contributed by atoms with E-state index in [0.717, 1.165) is 5.56 Å². The molecule has 0 radical (unpaired) electrons. The van der Waals surface area contributed by atoms with Gasteiger partial charge in [0.25, 0.3) is 0 Å². The van der Waals surface area contributed by atoms with Gasteiger partial charge in [0.05, 0.1) is 6.61 Å². The number of benzene rings is 1. The van der Waals surface area contributed by atoms with Gasteiger partial charge < -0.3 is 4.74 Å². The smallest absolute Gasteiger partial charge is 0.238 e. The van der Waals surface area contributed by atoms with Gasteiger partial charge in [-0.3, -0.25) is 4.79 Å². The minimum atomic E-state index is 0.417. The first-order chi connectivity index (χ1) is 6.88. The van der Waals surface area contributed by atoms with E-state index in [1.807, 2.05) is 37.3 Å². The summed E-state index contributed by atoms with van der Waals surface area (Å²) in [7, 11) is 0. The molecule has 0 unspecified atom stereocenters. The summed E-state index contributed by atoms with van der Waals surface area (Å²) in [4.78, 5) is 10.1. The predicted octanol–water partition coefficient (Wildman–Crippen LogP) is 1.13. The normalized spacial score (nSPS) is 10.8. The summed E-state index contributed by atoms with van der Waals surface area (Å²) in [6, 6.07) is 9.39. The lowest BCUT2D eigenvalue weighted by molar-refractivity contribution is -0.109. The zero-order valence-electron chi connectivity index (χ0n) is 7.93. The predicted molar refractivity (Wildman–Crippen MR) is 53.8 cm³/mol. The van der Waals surface area contributed by atoms with Crippen LogP contribution in [0.3, 0.4) is 0 Å². The lowest BCUT2D eigenvalue weighted by Crippen LogP contribution is -2.12. The van der Waals surface area contributed by atoms with Crippen LogP contribution in [0.4, 0.5) is 0 Å². The fraction of sp³-hybridized carbons (Fsp3) is 0.200. The number of nitrogens with one attached hydrogen (secondary N) is 1. The van der Waals surface area contributed by atoms with Crippen LogP contribution in [0.15, 0.2) is 35.4 Å². The molecule has 0 atom stereocenters. The molecule has 0 aromatic heterocycles. The van der Waals surface area contributed by atoms with Crippen molar-refractivity contribution in [3.63, 3.8) is 0 Å². The largest absolute Gasteiger partial charge is 0.477 e. The van der Waals surface area contributed by atoms with Crippen LogP contribution in [0, 0.1) is 0 Å². The second-order valence-electron chi connectivity index (χ2n) is 2.46. The molecule has 0 spiro atoms. The molecule has 4 nitrogen and oxygen atoms in total. The zero-order chi connectivity index (χ0) is 10.2. The lowest BCUT2D eigenvalue weighted by atomic mass is 10.2. The Kier molecular flexibility index (Phi) is 4.20. The van der Waals surface area contributed by atoms with Crippen LogP contribution in [-0.4, -0.2) is 18.9 Å². The third-order valence-corrected chi connectivity index (χ3v) is 1.52. The molecule has 0 heterocycles. The molecule has 1 N–H and O–H groups in total. The highest BCUT2D eigenvalue weighted by Crippen LogP contribution is 2.01. The minimum absolute atomic E-state index is 0.417. The Morgan fingerprint density at radius 1 is 1.50 bits per heavy atom. The summed E-state index contributed by atoms with van der Waals surface area (Å²) in [5.41, 5.74) is 3.05. The van der Waals surface area contributed by atoms with Gasteiger partial charge in [-0.1, -0.05) is 18.2 Å².